The molecule has 0 saturated heterocycles. The molecular formula is C15H13N3OS. The Morgan fingerprint density at radius 1 is 1.20 bits per heavy atom. The Balaban J connectivity index is 1.89. The van der Waals surface area contributed by atoms with Crippen molar-refractivity contribution in [3.05, 3.63) is 60.6 Å². The quantitative estimate of drug-likeness (QED) is 0.750. The van der Waals surface area contributed by atoms with Gasteiger partial charge in [0.2, 0.25) is 0 Å². The van der Waals surface area contributed by atoms with Crippen molar-refractivity contribution in [2.45, 2.75) is 4.90 Å². The van der Waals surface area contributed by atoms with Crippen LogP contribution < -0.4 is 5.32 Å². The summed E-state index contributed by atoms with van der Waals surface area (Å²) < 4.78 is 1.83. The van der Waals surface area contributed by atoms with E-state index >= 15 is 0 Å². The second kappa shape index (κ2) is 5.38. The van der Waals surface area contributed by atoms with Crippen molar-refractivity contribution in [2.24, 2.45) is 0 Å². The minimum Gasteiger partial charge on any atom is -0.320 e. The molecule has 100 valence electrons. The van der Waals surface area contributed by atoms with Crippen LogP contribution in [-0.2, 0) is 0 Å². The number of benzene rings is 1. The lowest BCUT2D eigenvalue weighted by molar-refractivity contribution is 0.102. The molecule has 4 nitrogen and oxygen atoms in total. The Bertz CT molecular complexity index is 733. The SMILES string of the molecule is CSc1ccccc1NC(=O)c1cn2ccccc2n1. The van der Waals surface area contributed by atoms with Gasteiger partial charge in [-0.2, -0.15) is 0 Å². The number of hydrogen-bond acceptors (Lipinski definition) is 3. The zero-order valence-electron chi connectivity index (χ0n) is 10.9. The van der Waals surface area contributed by atoms with Crippen LogP contribution in [-0.4, -0.2) is 21.5 Å². The summed E-state index contributed by atoms with van der Waals surface area (Å²) in [7, 11) is 0. The fourth-order valence-corrected chi connectivity index (χ4v) is 2.53. The smallest absolute Gasteiger partial charge is 0.275 e. The zero-order valence-corrected chi connectivity index (χ0v) is 11.7. The topological polar surface area (TPSA) is 46.4 Å². The average molecular weight is 283 g/mol. The summed E-state index contributed by atoms with van der Waals surface area (Å²) >= 11 is 1.60. The van der Waals surface area contributed by atoms with E-state index < -0.39 is 0 Å². The van der Waals surface area contributed by atoms with E-state index in [1.807, 2.05) is 59.3 Å². The molecule has 1 aromatic carbocycles. The molecule has 0 unspecified atom stereocenters. The molecule has 0 saturated carbocycles. The number of para-hydroxylation sites is 1. The van der Waals surface area contributed by atoms with E-state index in [-0.39, 0.29) is 5.91 Å². The average Bonchev–Trinajstić information content (AvgIpc) is 2.92. The molecule has 2 heterocycles. The fourth-order valence-electron chi connectivity index (χ4n) is 1.98. The maximum atomic E-state index is 12.3. The largest absolute Gasteiger partial charge is 0.320 e. The maximum Gasteiger partial charge on any atom is 0.275 e. The van der Waals surface area contributed by atoms with E-state index in [9.17, 15) is 4.79 Å². The van der Waals surface area contributed by atoms with Gasteiger partial charge < -0.3 is 9.72 Å². The first-order valence-corrected chi connectivity index (χ1v) is 7.38. The van der Waals surface area contributed by atoms with Crippen molar-refractivity contribution in [3.63, 3.8) is 0 Å². The van der Waals surface area contributed by atoms with Gasteiger partial charge >= 0.3 is 0 Å². The number of nitrogens with one attached hydrogen (secondary N) is 1. The highest BCUT2D eigenvalue weighted by molar-refractivity contribution is 7.98. The standard InChI is InChI=1S/C15H13N3OS/c1-20-13-7-3-2-6-11(13)17-15(19)12-10-18-9-5-4-8-14(18)16-12/h2-10H,1H3,(H,17,19). The highest BCUT2D eigenvalue weighted by Gasteiger charge is 2.12. The van der Waals surface area contributed by atoms with Crippen LogP contribution in [0.3, 0.4) is 0 Å². The monoisotopic (exact) mass is 283 g/mol. The van der Waals surface area contributed by atoms with Gasteiger partial charge in [-0.05, 0) is 30.5 Å². The van der Waals surface area contributed by atoms with Gasteiger partial charge in [-0.15, -0.1) is 11.8 Å². The van der Waals surface area contributed by atoms with Crippen molar-refractivity contribution in [3.8, 4) is 0 Å². The number of carbonyl (C=O) groups excluding carboxylic acids is 1. The summed E-state index contributed by atoms with van der Waals surface area (Å²) in [6.07, 6.45) is 5.58. The van der Waals surface area contributed by atoms with Crippen LogP contribution in [0.2, 0.25) is 0 Å². The Morgan fingerprint density at radius 2 is 2.00 bits per heavy atom. The zero-order chi connectivity index (χ0) is 13.9. The molecule has 0 aliphatic heterocycles. The molecule has 0 spiro atoms. The molecule has 2 aromatic heterocycles. The normalized spacial score (nSPS) is 10.7. The maximum absolute atomic E-state index is 12.3. The van der Waals surface area contributed by atoms with Gasteiger partial charge in [-0.25, -0.2) is 4.98 Å². The van der Waals surface area contributed by atoms with E-state index in [0.29, 0.717) is 5.69 Å². The first-order valence-electron chi connectivity index (χ1n) is 6.16. The molecule has 0 atom stereocenters. The first kappa shape index (κ1) is 12.7. The summed E-state index contributed by atoms with van der Waals surface area (Å²) in [6.45, 7) is 0. The Hall–Kier alpha value is -2.27. The van der Waals surface area contributed by atoms with E-state index in [2.05, 4.69) is 10.3 Å². The fraction of sp³-hybridized carbons (Fsp3) is 0.0667. The van der Waals surface area contributed by atoms with Gasteiger partial charge in [0, 0.05) is 17.3 Å². The Kier molecular flexibility index (Phi) is 3.43. The van der Waals surface area contributed by atoms with Crippen molar-refractivity contribution in [2.75, 3.05) is 11.6 Å². The Labute approximate surface area is 120 Å². The molecule has 0 aliphatic carbocycles. The van der Waals surface area contributed by atoms with Crippen LogP contribution in [0.4, 0.5) is 5.69 Å². The number of anilines is 1. The van der Waals surface area contributed by atoms with Crippen LogP contribution in [0.1, 0.15) is 10.5 Å². The van der Waals surface area contributed by atoms with Crippen molar-refractivity contribution in [1.82, 2.24) is 9.38 Å². The van der Waals surface area contributed by atoms with E-state index in [4.69, 9.17) is 0 Å². The lowest BCUT2D eigenvalue weighted by Gasteiger charge is -2.07. The predicted octanol–water partition coefficient (Wildman–Crippen LogP) is 3.31. The van der Waals surface area contributed by atoms with E-state index in [0.717, 1.165) is 16.2 Å². The number of thioether (sulfide) groups is 1. The van der Waals surface area contributed by atoms with Gasteiger partial charge in [0.1, 0.15) is 11.3 Å². The highest BCUT2D eigenvalue weighted by atomic mass is 32.2. The molecule has 20 heavy (non-hydrogen) atoms. The van der Waals surface area contributed by atoms with E-state index in [1.54, 1.807) is 18.0 Å². The number of amides is 1. The number of rotatable bonds is 3. The number of imidazole rings is 1. The number of fused-ring (bicyclic) bond motifs is 1. The third kappa shape index (κ3) is 2.40. The van der Waals surface area contributed by atoms with Crippen LogP contribution in [0.15, 0.2) is 59.8 Å². The minimum atomic E-state index is -0.199. The molecule has 3 rings (SSSR count). The van der Waals surface area contributed by atoms with Gasteiger partial charge in [0.05, 0.1) is 5.69 Å². The molecule has 0 aliphatic rings. The summed E-state index contributed by atoms with van der Waals surface area (Å²) in [4.78, 5) is 17.6. The molecule has 5 heteroatoms. The molecule has 0 fully saturated rings. The van der Waals surface area contributed by atoms with Crippen LogP contribution >= 0.6 is 11.8 Å². The number of nitrogens with zero attached hydrogens (tertiary/aromatic N) is 2. The predicted molar refractivity (Wildman–Crippen MR) is 81.4 cm³/mol. The molecular weight excluding hydrogens is 270 g/mol. The molecule has 0 bridgehead atoms. The van der Waals surface area contributed by atoms with Crippen molar-refractivity contribution < 1.29 is 4.79 Å². The molecule has 1 N–H and O–H groups in total. The minimum absolute atomic E-state index is 0.199. The van der Waals surface area contributed by atoms with Crippen molar-refractivity contribution in [1.29, 1.82) is 0 Å². The summed E-state index contributed by atoms with van der Waals surface area (Å²) in [5.41, 5.74) is 1.98. The Morgan fingerprint density at radius 3 is 2.80 bits per heavy atom. The van der Waals surface area contributed by atoms with Gasteiger partial charge in [-0.1, -0.05) is 18.2 Å². The number of hydrogen-bond donors (Lipinski definition) is 1. The summed E-state index contributed by atoms with van der Waals surface area (Å²) in [6, 6.07) is 13.4. The second-order valence-corrected chi connectivity index (χ2v) is 5.09. The first-order chi connectivity index (χ1) is 9.78. The highest BCUT2D eigenvalue weighted by Crippen LogP contribution is 2.25. The number of aromatic nitrogens is 2. The van der Waals surface area contributed by atoms with Gasteiger partial charge in [0.15, 0.2) is 0 Å². The third-order valence-corrected chi connectivity index (χ3v) is 3.75. The van der Waals surface area contributed by atoms with E-state index in [1.165, 1.54) is 0 Å². The molecule has 1 amide bonds. The summed E-state index contributed by atoms with van der Waals surface area (Å²) in [5, 5.41) is 2.90. The number of carbonyl (C=O) groups is 1. The lowest BCUT2D eigenvalue weighted by atomic mass is 10.3. The van der Waals surface area contributed by atoms with Crippen LogP contribution in [0.25, 0.3) is 5.65 Å². The van der Waals surface area contributed by atoms with Crippen molar-refractivity contribution >= 4 is 29.0 Å². The molecule has 3 aromatic rings. The second-order valence-electron chi connectivity index (χ2n) is 4.25. The van der Waals surface area contributed by atoms with Crippen LogP contribution in [0, 0.1) is 0 Å². The third-order valence-electron chi connectivity index (χ3n) is 2.95. The molecule has 0 radical (unpaired) electrons. The number of pyridine rings is 1. The van der Waals surface area contributed by atoms with Gasteiger partial charge in [-0.3, -0.25) is 4.79 Å². The summed E-state index contributed by atoms with van der Waals surface area (Å²) in [5.74, 6) is -0.199. The lowest BCUT2D eigenvalue weighted by Crippen LogP contribution is -2.12. The van der Waals surface area contributed by atoms with Crippen LogP contribution in [0.5, 0.6) is 0 Å². The van der Waals surface area contributed by atoms with Gasteiger partial charge in [0.25, 0.3) is 5.91 Å².